The van der Waals surface area contributed by atoms with Gasteiger partial charge in [-0.1, -0.05) is 66.0 Å². The summed E-state index contributed by atoms with van der Waals surface area (Å²) in [5, 5.41) is 15.5. The molecule has 0 atom stereocenters. The molecule has 0 saturated heterocycles. The Hall–Kier alpha value is -1.64. The molecule has 1 amide bonds. The Balaban J connectivity index is 0.00000225. The van der Waals surface area contributed by atoms with Crippen LogP contribution in [0.3, 0.4) is 0 Å². The van der Waals surface area contributed by atoms with E-state index >= 15 is 0 Å². The second-order valence-electron chi connectivity index (χ2n) is 5.75. The van der Waals surface area contributed by atoms with E-state index in [1.807, 2.05) is 0 Å². The molecule has 0 saturated carbocycles. The summed E-state index contributed by atoms with van der Waals surface area (Å²) in [6, 6.07) is 13.7. The minimum absolute atomic E-state index is 0. The molecule has 0 radical (unpaired) electrons. The predicted molar refractivity (Wildman–Crippen MR) is 117 cm³/mol. The molecule has 0 bridgehead atoms. The van der Waals surface area contributed by atoms with Crippen molar-refractivity contribution in [3.8, 4) is 11.1 Å². The topological polar surface area (TPSA) is 69.2 Å². The number of nitrogens with one attached hydrogen (secondary N) is 1. The van der Waals surface area contributed by atoms with E-state index in [4.69, 9.17) is 46.4 Å². The van der Waals surface area contributed by atoms with E-state index in [1.165, 1.54) is 30.3 Å². The third-order valence-corrected chi connectivity index (χ3v) is 5.00. The molecule has 3 rings (SSSR count). The zero-order valence-electron chi connectivity index (χ0n) is 14.9. The van der Waals surface area contributed by atoms with E-state index in [0.29, 0.717) is 26.2 Å². The molecule has 0 fully saturated rings. The van der Waals surface area contributed by atoms with Crippen molar-refractivity contribution in [3.63, 3.8) is 0 Å². The standard InChI is InChI=1S/C20H11Cl4NO3.CH4.Li/c21-11-2-4-13(16(23)8-11)10-1-6-18(15(7-10)20(27)28)25-19(26)14-5-3-12(22)9-17(14)24;;/h1-9H,(H,25,26)(H,27,28);1H4;/q;;+1/p-1. The van der Waals surface area contributed by atoms with Gasteiger partial charge in [0.2, 0.25) is 0 Å². The Morgan fingerprint density at radius 2 is 1.37 bits per heavy atom. The number of benzene rings is 3. The minimum Gasteiger partial charge on any atom is -0.545 e. The van der Waals surface area contributed by atoms with Crippen molar-refractivity contribution < 1.29 is 33.6 Å². The molecule has 3 aromatic carbocycles. The molecule has 0 aromatic heterocycles. The van der Waals surface area contributed by atoms with Gasteiger partial charge in [0.05, 0.1) is 22.2 Å². The van der Waals surface area contributed by atoms with Crippen LogP contribution in [0.5, 0.6) is 0 Å². The Labute approximate surface area is 206 Å². The van der Waals surface area contributed by atoms with Crippen LogP contribution in [-0.4, -0.2) is 11.9 Å². The molecule has 3 aromatic rings. The van der Waals surface area contributed by atoms with Crippen LogP contribution in [0.2, 0.25) is 20.1 Å². The van der Waals surface area contributed by atoms with Crippen molar-refractivity contribution in [2.75, 3.05) is 5.32 Å². The van der Waals surface area contributed by atoms with Gasteiger partial charge in [-0.2, -0.15) is 0 Å². The van der Waals surface area contributed by atoms with Gasteiger partial charge in [-0.3, -0.25) is 4.79 Å². The summed E-state index contributed by atoms with van der Waals surface area (Å²) >= 11 is 23.9. The summed E-state index contributed by atoms with van der Waals surface area (Å²) in [6.07, 6.45) is 0. The Bertz CT molecular complexity index is 1110. The molecular weight excluding hydrogens is 463 g/mol. The SMILES string of the molecule is C.O=C(Nc1ccc(-c2ccc(Cl)cc2Cl)cc1C(=O)[O-])c1ccc(Cl)cc1Cl.[Li+]. The number of aromatic carboxylic acids is 1. The number of carbonyl (C=O) groups is 2. The number of amides is 1. The first kappa shape index (κ1) is 26.4. The van der Waals surface area contributed by atoms with Crippen LogP contribution >= 0.6 is 46.4 Å². The molecule has 0 aliphatic heterocycles. The maximum absolute atomic E-state index is 12.5. The first-order valence-corrected chi connectivity index (χ1v) is 9.34. The van der Waals surface area contributed by atoms with Crippen molar-refractivity contribution in [2.24, 2.45) is 0 Å². The van der Waals surface area contributed by atoms with E-state index in [1.54, 1.807) is 24.3 Å². The summed E-state index contributed by atoms with van der Waals surface area (Å²) < 4.78 is 0. The van der Waals surface area contributed by atoms with Crippen LogP contribution in [0.4, 0.5) is 5.69 Å². The number of hydrogen-bond donors (Lipinski definition) is 1. The Morgan fingerprint density at radius 3 is 1.93 bits per heavy atom. The van der Waals surface area contributed by atoms with Crippen molar-refractivity contribution in [1.82, 2.24) is 0 Å². The molecule has 0 aliphatic rings. The van der Waals surface area contributed by atoms with Gasteiger partial charge in [0.1, 0.15) is 0 Å². The van der Waals surface area contributed by atoms with Crippen molar-refractivity contribution in [3.05, 3.63) is 85.8 Å². The number of carboxylic acids is 1. The van der Waals surface area contributed by atoms with Gasteiger partial charge >= 0.3 is 18.9 Å². The summed E-state index contributed by atoms with van der Waals surface area (Å²) in [5.74, 6) is -2.04. The van der Waals surface area contributed by atoms with Crippen LogP contribution in [-0.2, 0) is 0 Å². The number of rotatable bonds is 4. The maximum Gasteiger partial charge on any atom is 1.00 e. The Kier molecular flexibility index (Phi) is 9.78. The average Bonchev–Trinajstić information content (AvgIpc) is 2.62. The number of anilines is 1. The van der Waals surface area contributed by atoms with Gasteiger partial charge in [0.15, 0.2) is 0 Å². The second-order valence-corrected chi connectivity index (χ2v) is 7.44. The fourth-order valence-electron chi connectivity index (χ4n) is 2.58. The number of hydrogen-bond acceptors (Lipinski definition) is 3. The normalized spacial score (nSPS) is 9.87. The fourth-order valence-corrected chi connectivity index (χ4v) is 3.59. The van der Waals surface area contributed by atoms with Gasteiger partial charge < -0.3 is 15.2 Å². The van der Waals surface area contributed by atoms with Crippen LogP contribution in [0.25, 0.3) is 11.1 Å². The van der Waals surface area contributed by atoms with Gasteiger partial charge in [0.25, 0.3) is 5.91 Å². The summed E-state index contributed by atoms with van der Waals surface area (Å²) in [5.41, 5.74) is 1.13. The van der Waals surface area contributed by atoms with Gasteiger partial charge in [-0.25, -0.2) is 0 Å². The first-order valence-electron chi connectivity index (χ1n) is 7.83. The fraction of sp³-hybridized carbons (Fsp3) is 0.0476. The van der Waals surface area contributed by atoms with Crippen LogP contribution < -0.4 is 29.3 Å². The van der Waals surface area contributed by atoms with Crippen molar-refractivity contribution >= 4 is 64.0 Å². The molecule has 150 valence electrons. The smallest absolute Gasteiger partial charge is 0.545 e. The maximum atomic E-state index is 12.5. The second kappa shape index (κ2) is 11.1. The quantitative estimate of drug-likeness (QED) is 0.588. The van der Waals surface area contributed by atoms with E-state index in [0.717, 1.165) is 0 Å². The van der Waals surface area contributed by atoms with Crippen LogP contribution in [0, 0.1) is 0 Å². The molecular formula is C21H14Cl4LiNO3. The summed E-state index contributed by atoms with van der Waals surface area (Å²) in [7, 11) is 0. The zero-order chi connectivity index (χ0) is 20.4. The zero-order valence-corrected chi connectivity index (χ0v) is 18.0. The predicted octanol–water partition coefficient (Wildman–Crippen LogP) is 3.22. The number of carbonyl (C=O) groups excluding carboxylic acids is 2. The summed E-state index contributed by atoms with van der Waals surface area (Å²) in [6.45, 7) is 0. The van der Waals surface area contributed by atoms with Crippen LogP contribution in [0.15, 0.2) is 54.6 Å². The van der Waals surface area contributed by atoms with Gasteiger partial charge in [-0.05, 0) is 48.0 Å². The molecule has 9 heteroatoms. The van der Waals surface area contributed by atoms with Crippen molar-refractivity contribution in [2.45, 2.75) is 7.43 Å². The molecule has 0 heterocycles. The van der Waals surface area contributed by atoms with E-state index in [9.17, 15) is 14.7 Å². The Morgan fingerprint density at radius 1 is 0.767 bits per heavy atom. The molecule has 1 N–H and O–H groups in total. The third kappa shape index (κ3) is 5.95. The minimum atomic E-state index is -1.45. The molecule has 30 heavy (non-hydrogen) atoms. The monoisotopic (exact) mass is 475 g/mol. The van der Waals surface area contributed by atoms with E-state index < -0.39 is 11.9 Å². The molecule has 0 unspecified atom stereocenters. The van der Waals surface area contributed by atoms with Crippen LogP contribution in [0.1, 0.15) is 28.1 Å². The average molecular weight is 477 g/mol. The summed E-state index contributed by atoms with van der Waals surface area (Å²) in [4.78, 5) is 24.1. The van der Waals surface area contributed by atoms with Crippen molar-refractivity contribution in [1.29, 1.82) is 0 Å². The number of halogens is 4. The first-order chi connectivity index (χ1) is 13.3. The molecule has 0 aliphatic carbocycles. The van der Waals surface area contributed by atoms with Gasteiger partial charge in [-0.15, -0.1) is 0 Å². The van der Waals surface area contributed by atoms with E-state index in [-0.39, 0.29) is 48.1 Å². The van der Waals surface area contributed by atoms with E-state index in [2.05, 4.69) is 5.32 Å². The molecule has 4 nitrogen and oxygen atoms in total. The third-order valence-electron chi connectivity index (χ3n) is 3.91. The largest absolute Gasteiger partial charge is 1.00 e. The number of carboxylic acid groups (broad SMARTS) is 1. The molecule has 0 spiro atoms. The van der Waals surface area contributed by atoms with Gasteiger partial charge in [0, 0.05) is 26.2 Å².